The molecule has 0 unspecified atom stereocenters. The van der Waals surface area contributed by atoms with Gasteiger partial charge in [-0.15, -0.1) is 0 Å². The van der Waals surface area contributed by atoms with Gasteiger partial charge in [0.25, 0.3) is 5.91 Å². The van der Waals surface area contributed by atoms with E-state index >= 15 is 0 Å². The normalized spacial score (nSPS) is 10.6. The van der Waals surface area contributed by atoms with Gasteiger partial charge in [0.15, 0.2) is 0 Å². The standard InChI is InChI=1S/C14H17NO3/c1-3-15(18-4-2)14(17)13-10-6-5-8-12(13)9-7-11-16/h5-11H,3-4H2,1-2H3/b9-7+. The van der Waals surface area contributed by atoms with Crippen molar-refractivity contribution < 1.29 is 14.4 Å². The maximum absolute atomic E-state index is 12.2. The molecule has 0 aliphatic carbocycles. The van der Waals surface area contributed by atoms with Crippen LogP contribution in [-0.2, 0) is 9.63 Å². The summed E-state index contributed by atoms with van der Waals surface area (Å²) in [6.07, 6.45) is 3.66. The molecule has 0 aromatic heterocycles. The Hall–Kier alpha value is -1.94. The Kier molecular flexibility index (Phi) is 5.80. The average Bonchev–Trinajstić information content (AvgIpc) is 2.42. The summed E-state index contributed by atoms with van der Waals surface area (Å²) in [5.41, 5.74) is 1.22. The summed E-state index contributed by atoms with van der Waals surface area (Å²) in [7, 11) is 0. The van der Waals surface area contributed by atoms with Gasteiger partial charge in [-0.2, -0.15) is 0 Å². The largest absolute Gasteiger partial charge is 0.299 e. The first-order chi connectivity index (χ1) is 8.74. The van der Waals surface area contributed by atoms with E-state index in [0.29, 0.717) is 30.6 Å². The quantitative estimate of drug-likeness (QED) is 0.440. The molecule has 4 nitrogen and oxygen atoms in total. The number of benzene rings is 1. The van der Waals surface area contributed by atoms with Gasteiger partial charge in [0.05, 0.1) is 6.61 Å². The van der Waals surface area contributed by atoms with E-state index in [9.17, 15) is 9.59 Å². The lowest BCUT2D eigenvalue weighted by Gasteiger charge is -2.20. The average molecular weight is 247 g/mol. The number of hydrogen-bond donors (Lipinski definition) is 0. The van der Waals surface area contributed by atoms with Crippen molar-refractivity contribution in [3.05, 3.63) is 41.5 Å². The second-order valence-electron chi connectivity index (χ2n) is 3.50. The summed E-state index contributed by atoms with van der Waals surface area (Å²) in [6, 6.07) is 7.10. The number of hydroxylamine groups is 2. The Morgan fingerprint density at radius 1 is 1.33 bits per heavy atom. The van der Waals surface area contributed by atoms with E-state index in [1.807, 2.05) is 19.9 Å². The fourth-order valence-corrected chi connectivity index (χ4v) is 1.56. The number of aldehydes is 1. The minimum absolute atomic E-state index is 0.203. The van der Waals surface area contributed by atoms with Crippen LogP contribution in [0.4, 0.5) is 0 Å². The molecule has 18 heavy (non-hydrogen) atoms. The number of nitrogens with zero attached hydrogens (tertiary/aromatic N) is 1. The number of carbonyl (C=O) groups is 2. The van der Waals surface area contributed by atoms with E-state index in [2.05, 4.69) is 0 Å². The highest BCUT2D eigenvalue weighted by molar-refractivity contribution is 5.97. The molecule has 0 N–H and O–H groups in total. The highest BCUT2D eigenvalue weighted by atomic mass is 16.7. The predicted molar refractivity (Wildman–Crippen MR) is 69.9 cm³/mol. The van der Waals surface area contributed by atoms with Crippen LogP contribution in [0.1, 0.15) is 29.8 Å². The van der Waals surface area contributed by atoms with Crippen LogP contribution in [0.5, 0.6) is 0 Å². The zero-order chi connectivity index (χ0) is 13.4. The van der Waals surface area contributed by atoms with Gasteiger partial charge in [-0.25, -0.2) is 5.06 Å². The fourth-order valence-electron chi connectivity index (χ4n) is 1.56. The fraction of sp³-hybridized carbons (Fsp3) is 0.286. The van der Waals surface area contributed by atoms with Gasteiger partial charge in [-0.3, -0.25) is 14.4 Å². The van der Waals surface area contributed by atoms with Crippen molar-refractivity contribution in [3.8, 4) is 0 Å². The van der Waals surface area contributed by atoms with Crippen LogP contribution in [0.3, 0.4) is 0 Å². The van der Waals surface area contributed by atoms with E-state index in [1.165, 1.54) is 11.1 Å². The van der Waals surface area contributed by atoms with Crippen molar-refractivity contribution in [1.82, 2.24) is 5.06 Å². The first-order valence-corrected chi connectivity index (χ1v) is 5.90. The van der Waals surface area contributed by atoms with Gasteiger partial charge in [0, 0.05) is 12.1 Å². The molecular formula is C14H17NO3. The summed E-state index contributed by atoms with van der Waals surface area (Å²) < 4.78 is 0. The zero-order valence-corrected chi connectivity index (χ0v) is 10.6. The molecular weight excluding hydrogens is 230 g/mol. The van der Waals surface area contributed by atoms with Crippen molar-refractivity contribution >= 4 is 18.3 Å². The first kappa shape index (κ1) is 14.1. The number of allylic oxidation sites excluding steroid dienone is 1. The Balaban J connectivity index is 3.03. The van der Waals surface area contributed by atoms with Crippen molar-refractivity contribution in [2.45, 2.75) is 13.8 Å². The smallest absolute Gasteiger partial charge is 0.278 e. The molecule has 0 radical (unpaired) electrons. The second-order valence-corrected chi connectivity index (χ2v) is 3.50. The molecule has 1 amide bonds. The van der Waals surface area contributed by atoms with Crippen molar-refractivity contribution in [1.29, 1.82) is 0 Å². The number of rotatable bonds is 6. The number of hydrogen-bond acceptors (Lipinski definition) is 3. The Labute approximate surface area is 107 Å². The molecule has 0 saturated carbocycles. The lowest BCUT2D eigenvalue weighted by atomic mass is 10.1. The molecule has 0 aliphatic rings. The summed E-state index contributed by atoms with van der Waals surface area (Å²) >= 11 is 0. The molecule has 0 fully saturated rings. The lowest BCUT2D eigenvalue weighted by Crippen LogP contribution is -2.31. The molecule has 4 heteroatoms. The molecule has 1 aromatic rings. The van der Waals surface area contributed by atoms with Gasteiger partial charge < -0.3 is 0 Å². The second kappa shape index (κ2) is 7.40. The molecule has 0 aliphatic heterocycles. The third kappa shape index (κ3) is 3.53. The van der Waals surface area contributed by atoms with Gasteiger partial charge in [0.2, 0.25) is 0 Å². The van der Waals surface area contributed by atoms with Crippen LogP contribution < -0.4 is 0 Å². The molecule has 0 atom stereocenters. The molecule has 1 rings (SSSR count). The maximum Gasteiger partial charge on any atom is 0.278 e. The minimum atomic E-state index is -0.203. The van der Waals surface area contributed by atoms with Crippen LogP contribution >= 0.6 is 0 Å². The van der Waals surface area contributed by atoms with Crippen LogP contribution in [0.15, 0.2) is 30.3 Å². The minimum Gasteiger partial charge on any atom is -0.299 e. The lowest BCUT2D eigenvalue weighted by molar-refractivity contribution is -0.115. The summed E-state index contributed by atoms with van der Waals surface area (Å²) in [4.78, 5) is 27.8. The highest BCUT2D eigenvalue weighted by Gasteiger charge is 2.16. The third-order valence-corrected chi connectivity index (χ3v) is 2.34. The van der Waals surface area contributed by atoms with Crippen LogP contribution in [-0.4, -0.2) is 30.4 Å². The van der Waals surface area contributed by atoms with Crippen molar-refractivity contribution in [2.24, 2.45) is 0 Å². The van der Waals surface area contributed by atoms with E-state index in [-0.39, 0.29) is 5.91 Å². The molecule has 96 valence electrons. The van der Waals surface area contributed by atoms with Gasteiger partial charge >= 0.3 is 0 Å². The van der Waals surface area contributed by atoms with Crippen molar-refractivity contribution in [3.63, 3.8) is 0 Å². The van der Waals surface area contributed by atoms with E-state index in [1.54, 1.807) is 24.3 Å². The molecule has 0 bridgehead atoms. The van der Waals surface area contributed by atoms with E-state index < -0.39 is 0 Å². The number of amides is 1. The molecule has 0 spiro atoms. The first-order valence-electron chi connectivity index (χ1n) is 5.90. The van der Waals surface area contributed by atoms with E-state index in [4.69, 9.17) is 4.84 Å². The topological polar surface area (TPSA) is 46.6 Å². The zero-order valence-electron chi connectivity index (χ0n) is 10.6. The summed E-state index contributed by atoms with van der Waals surface area (Å²) in [5.74, 6) is -0.203. The molecule has 1 aromatic carbocycles. The summed E-state index contributed by atoms with van der Waals surface area (Å²) in [5, 5.41) is 1.31. The Morgan fingerprint density at radius 2 is 2.06 bits per heavy atom. The maximum atomic E-state index is 12.2. The Bertz CT molecular complexity index is 440. The predicted octanol–water partition coefficient (Wildman–Crippen LogP) is 2.31. The Morgan fingerprint density at radius 3 is 2.67 bits per heavy atom. The highest BCUT2D eigenvalue weighted by Crippen LogP contribution is 2.13. The number of carbonyl (C=O) groups excluding carboxylic acids is 2. The van der Waals surface area contributed by atoms with Gasteiger partial charge in [0.1, 0.15) is 6.29 Å². The monoisotopic (exact) mass is 247 g/mol. The van der Waals surface area contributed by atoms with Crippen LogP contribution in [0.2, 0.25) is 0 Å². The van der Waals surface area contributed by atoms with Crippen molar-refractivity contribution in [2.75, 3.05) is 13.2 Å². The molecule has 0 heterocycles. The van der Waals surface area contributed by atoms with Gasteiger partial charge in [-0.1, -0.05) is 24.3 Å². The summed E-state index contributed by atoms with van der Waals surface area (Å²) in [6.45, 7) is 4.58. The third-order valence-electron chi connectivity index (χ3n) is 2.34. The van der Waals surface area contributed by atoms with Crippen LogP contribution in [0, 0.1) is 0 Å². The molecule has 0 saturated heterocycles. The van der Waals surface area contributed by atoms with Gasteiger partial charge in [-0.05, 0) is 31.6 Å². The van der Waals surface area contributed by atoms with E-state index in [0.717, 1.165) is 0 Å². The van der Waals surface area contributed by atoms with Crippen LogP contribution in [0.25, 0.3) is 6.08 Å². The SMILES string of the molecule is CCON(CC)C(=O)c1ccccc1/C=C/C=O.